The van der Waals surface area contributed by atoms with E-state index >= 15 is 0 Å². The smallest absolute Gasteiger partial charge is 0.318 e. The van der Waals surface area contributed by atoms with Crippen LogP contribution >= 0.6 is 11.3 Å². The number of hydrogen-bond acceptors (Lipinski definition) is 4. The van der Waals surface area contributed by atoms with Gasteiger partial charge in [-0.1, -0.05) is 0 Å². The zero-order valence-corrected chi connectivity index (χ0v) is 13.2. The van der Waals surface area contributed by atoms with Gasteiger partial charge in [0.05, 0.1) is 6.61 Å². The molecule has 0 radical (unpaired) electrons. The average molecular weight is 311 g/mol. The lowest BCUT2D eigenvalue weighted by Crippen LogP contribution is -2.48. The Morgan fingerprint density at radius 1 is 1.62 bits per heavy atom. The van der Waals surface area contributed by atoms with Crippen molar-refractivity contribution in [1.82, 2.24) is 15.1 Å². The molecule has 0 saturated carbocycles. The van der Waals surface area contributed by atoms with Crippen LogP contribution < -0.4 is 5.32 Å². The van der Waals surface area contributed by atoms with Gasteiger partial charge in [0.2, 0.25) is 5.91 Å². The summed E-state index contributed by atoms with van der Waals surface area (Å²) < 4.78 is 5.06. The summed E-state index contributed by atoms with van der Waals surface area (Å²) >= 11 is 1.60. The number of hydrogen-bond donors (Lipinski definition) is 1. The van der Waals surface area contributed by atoms with Crippen LogP contribution in [0.2, 0.25) is 0 Å². The molecule has 2 rings (SSSR count). The minimum absolute atomic E-state index is 0.0226. The fourth-order valence-corrected chi connectivity index (χ4v) is 2.91. The van der Waals surface area contributed by atoms with E-state index in [0.717, 1.165) is 5.56 Å². The molecule has 2 heterocycles. The first-order valence-electron chi connectivity index (χ1n) is 6.92. The molecule has 1 aliphatic rings. The second-order valence-electron chi connectivity index (χ2n) is 5.10. The van der Waals surface area contributed by atoms with E-state index in [9.17, 15) is 9.59 Å². The summed E-state index contributed by atoms with van der Waals surface area (Å²) in [5.41, 5.74) is 1.08. The number of carbonyl (C=O) groups excluding carboxylic acids is 2. The molecule has 1 N–H and O–H groups in total. The molecule has 0 unspecified atom stereocenters. The van der Waals surface area contributed by atoms with Crippen LogP contribution in [0.4, 0.5) is 4.79 Å². The Hall–Kier alpha value is -1.60. The van der Waals surface area contributed by atoms with E-state index < -0.39 is 6.04 Å². The fraction of sp³-hybridized carbons (Fsp3) is 0.571. The first-order chi connectivity index (χ1) is 10.1. The maximum atomic E-state index is 12.4. The predicted octanol–water partition coefficient (Wildman–Crippen LogP) is 1.14. The van der Waals surface area contributed by atoms with E-state index in [0.29, 0.717) is 32.7 Å². The molecule has 1 aromatic heterocycles. The molecule has 7 heteroatoms. The highest BCUT2D eigenvalue weighted by molar-refractivity contribution is 7.07. The number of rotatable bonds is 6. The number of likely N-dealkylation sites (N-methyl/N-ethyl adjacent to an activating group) is 1. The Balaban J connectivity index is 1.95. The van der Waals surface area contributed by atoms with Crippen molar-refractivity contribution >= 4 is 23.3 Å². The van der Waals surface area contributed by atoms with Gasteiger partial charge in [-0.2, -0.15) is 11.3 Å². The van der Waals surface area contributed by atoms with Crippen LogP contribution in [0.5, 0.6) is 0 Å². The molecule has 1 atom stereocenters. The number of amides is 3. The van der Waals surface area contributed by atoms with Crippen LogP contribution in [0.15, 0.2) is 16.8 Å². The van der Waals surface area contributed by atoms with E-state index in [2.05, 4.69) is 5.32 Å². The fourth-order valence-electron chi connectivity index (χ4n) is 2.25. The first kappa shape index (κ1) is 15.8. The van der Waals surface area contributed by atoms with Crippen molar-refractivity contribution in [3.63, 3.8) is 0 Å². The average Bonchev–Trinajstić information content (AvgIpc) is 3.08. The van der Waals surface area contributed by atoms with Crippen molar-refractivity contribution in [2.45, 2.75) is 19.0 Å². The molecule has 0 spiro atoms. The maximum Gasteiger partial charge on any atom is 0.318 e. The topological polar surface area (TPSA) is 61.9 Å². The summed E-state index contributed by atoms with van der Waals surface area (Å²) in [5, 5.41) is 6.82. The van der Waals surface area contributed by atoms with Crippen molar-refractivity contribution in [1.29, 1.82) is 0 Å². The molecule has 0 aliphatic carbocycles. The molecular weight excluding hydrogens is 290 g/mol. The van der Waals surface area contributed by atoms with Crippen molar-refractivity contribution in [3.8, 4) is 0 Å². The van der Waals surface area contributed by atoms with Crippen LogP contribution in [0.25, 0.3) is 0 Å². The molecule has 6 nitrogen and oxygen atoms in total. The zero-order valence-electron chi connectivity index (χ0n) is 12.4. The summed E-state index contributed by atoms with van der Waals surface area (Å²) in [7, 11) is 3.36. The number of methoxy groups -OCH3 is 1. The zero-order chi connectivity index (χ0) is 15.2. The highest BCUT2D eigenvalue weighted by Crippen LogP contribution is 2.12. The van der Waals surface area contributed by atoms with Crippen molar-refractivity contribution in [2.24, 2.45) is 0 Å². The number of nitrogens with one attached hydrogen (secondary N) is 1. The summed E-state index contributed by atoms with van der Waals surface area (Å²) in [4.78, 5) is 27.6. The molecule has 1 saturated heterocycles. The number of nitrogens with zero attached hydrogens (tertiary/aromatic N) is 2. The summed E-state index contributed by atoms with van der Waals surface area (Å²) in [6.07, 6.45) is 0.664. The highest BCUT2D eigenvalue weighted by Gasteiger charge is 2.31. The third kappa shape index (κ3) is 4.18. The lowest BCUT2D eigenvalue weighted by atomic mass is 10.2. The number of urea groups is 1. The third-order valence-corrected chi connectivity index (χ3v) is 4.26. The first-order valence-corrected chi connectivity index (χ1v) is 7.86. The Morgan fingerprint density at radius 3 is 3.00 bits per heavy atom. The molecule has 0 aromatic carbocycles. The Morgan fingerprint density at radius 2 is 2.43 bits per heavy atom. The van der Waals surface area contributed by atoms with Gasteiger partial charge in [-0.15, -0.1) is 0 Å². The maximum absolute atomic E-state index is 12.4. The van der Waals surface area contributed by atoms with Crippen LogP contribution in [0.3, 0.4) is 0 Å². The van der Waals surface area contributed by atoms with Crippen LogP contribution in [0, 0.1) is 0 Å². The molecule has 0 bridgehead atoms. The second-order valence-corrected chi connectivity index (χ2v) is 5.88. The number of thiophene rings is 1. The van der Waals surface area contributed by atoms with Crippen LogP contribution in [-0.4, -0.2) is 61.6 Å². The van der Waals surface area contributed by atoms with Gasteiger partial charge in [0.15, 0.2) is 0 Å². The number of likely N-dealkylation sites (tertiary alicyclic amines) is 1. The summed E-state index contributed by atoms with van der Waals surface area (Å²) in [6, 6.07) is 1.37. The van der Waals surface area contributed by atoms with Gasteiger partial charge < -0.3 is 19.9 Å². The molecule has 1 fully saturated rings. The van der Waals surface area contributed by atoms with Gasteiger partial charge in [-0.25, -0.2) is 4.79 Å². The number of ether oxygens (including phenoxy) is 1. The van der Waals surface area contributed by atoms with Crippen LogP contribution in [0.1, 0.15) is 12.0 Å². The quantitative estimate of drug-likeness (QED) is 0.857. The van der Waals surface area contributed by atoms with E-state index in [1.165, 1.54) is 0 Å². The lowest BCUT2D eigenvalue weighted by molar-refractivity contribution is -0.128. The second kappa shape index (κ2) is 7.42. The van der Waals surface area contributed by atoms with Crippen molar-refractivity contribution < 1.29 is 14.3 Å². The minimum Gasteiger partial charge on any atom is -0.383 e. The van der Waals surface area contributed by atoms with Crippen molar-refractivity contribution in [3.05, 3.63) is 22.4 Å². The van der Waals surface area contributed by atoms with E-state index in [1.807, 2.05) is 16.8 Å². The van der Waals surface area contributed by atoms with Gasteiger partial charge in [-0.05, 0) is 28.8 Å². The summed E-state index contributed by atoms with van der Waals surface area (Å²) in [5.74, 6) is -0.0226. The normalized spacial score (nSPS) is 18.1. The van der Waals surface area contributed by atoms with E-state index in [-0.39, 0.29) is 11.9 Å². The molecular formula is C14H21N3O3S. The van der Waals surface area contributed by atoms with Gasteiger partial charge in [-0.3, -0.25) is 4.79 Å². The largest absolute Gasteiger partial charge is 0.383 e. The highest BCUT2D eigenvalue weighted by atomic mass is 32.1. The Bertz CT molecular complexity index is 478. The summed E-state index contributed by atoms with van der Waals surface area (Å²) in [6.45, 7) is 2.17. The lowest BCUT2D eigenvalue weighted by Gasteiger charge is -2.24. The SMILES string of the molecule is COCCN(Cc1ccsc1)C(=O)N[C@H]1CCN(C)C1=O. The van der Waals surface area contributed by atoms with Gasteiger partial charge in [0.25, 0.3) is 0 Å². The Labute approximate surface area is 128 Å². The van der Waals surface area contributed by atoms with Gasteiger partial charge in [0.1, 0.15) is 6.04 Å². The number of carbonyl (C=O) groups is 2. The van der Waals surface area contributed by atoms with Crippen LogP contribution in [-0.2, 0) is 16.1 Å². The standard InChI is InChI=1S/C14H21N3O3S/c1-16-5-3-12(13(16)18)15-14(19)17(6-7-20-2)9-11-4-8-21-10-11/h4,8,10,12H,3,5-7,9H2,1-2H3,(H,15,19)/t12-/m0/s1. The molecule has 21 heavy (non-hydrogen) atoms. The van der Waals surface area contributed by atoms with E-state index in [1.54, 1.807) is 35.3 Å². The molecule has 116 valence electrons. The van der Waals surface area contributed by atoms with Gasteiger partial charge in [0, 0.05) is 33.8 Å². The molecule has 1 aliphatic heterocycles. The molecule has 3 amide bonds. The minimum atomic E-state index is -0.407. The van der Waals surface area contributed by atoms with Gasteiger partial charge >= 0.3 is 6.03 Å². The third-order valence-electron chi connectivity index (χ3n) is 3.53. The van der Waals surface area contributed by atoms with Crippen molar-refractivity contribution in [2.75, 3.05) is 33.9 Å². The Kier molecular flexibility index (Phi) is 5.58. The van der Waals surface area contributed by atoms with E-state index in [4.69, 9.17) is 4.74 Å². The predicted molar refractivity (Wildman–Crippen MR) is 81.2 cm³/mol. The molecule has 1 aromatic rings. The monoisotopic (exact) mass is 311 g/mol.